The predicted molar refractivity (Wildman–Crippen MR) is 125 cm³/mol. The first-order valence-electron chi connectivity index (χ1n) is 10.5. The van der Waals surface area contributed by atoms with Crippen LogP contribution in [0.25, 0.3) is 0 Å². The quantitative estimate of drug-likeness (QED) is 0.325. The fourth-order valence-corrected chi connectivity index (χ4v) is 3.87. The molecule has 0 bridgehead atoms. The molecule has 32 heavy (non-hydrogen) atoms. The third-order valence-electron chi connectivity index (χ3n) is 4.88. The molecule has 168 valence electrons. The van der Waals surface area contributed by atoms with E-state index in [1.54, 1.807) is 42.7 Å². The number of nitrogens with zero attached hydrogens (tertiary/aromatic N) is 1. The van der Waals surface area contributed by atoms with E-state index >= 15 is 0 Å². The van der Waals surface area contributed by atoms with Crippen LogP contribution in [0.5, 0.6) is 11.5 Å². The number of hydrogen-bond acceptors (Lipinski definition) is 6. The maximum atomic E-state index is 12.9. The third kappa shape index (κ3) is 6.38. The molecule has 0 aliphatic heterocycles. The van der Waals surface area contributed by atoms with E-state index in [0.717, 1.165) is 18.4 Å². The summed E-state index contributed by atoms with van der Waals surface area (Å²) in [4.78, 5) is 16.7. The van der Waals surface area contributed by atoms with Crippen LogP contribution >= 0.6 is 0 Å². The van der Waals surface area contributed by atoms with Crippen molar-refractivity contribution in [2.24, 2.45) is 5.14 Å². The average Bonchev–Trinajstić information content (AvgIpc) is 2.79. The standard InChI is InChI=1S/C24H27N3O4S/c1-2-3-13-27-21-16-19(22(28)10-9-18-11-14-26-15-12-18)17-23(32(25,29)30)24(21)31-20-7-5-4-6-8-20/h4-8,11-12,14-17,27H,2-3,9-10,13H2,1H3,(H2,25,29,30). The van der Waals surface area contributed by atoms with E-state index in [-0.39, 0.29) is 28.4 Å². The highest BCUT2D eigenvalue weighted by molar-refractivity contribution is 7.89. The number of aromatic nitrogens is 1. The lowest BCUT2D eigenvalue weighted by molar-refractivity contribution is 0.0982. The molecule has 1 aromatic heterocycles. The van der Waals surface area contributed by atoms with E-state index in [1.165, 1.54) is 6.07 Å². The van der Waals surface area contributed by atoms with Crippen molar-refractivity contribution in [3.63, 3.8) is 0 Å². The molecule has 3 aromatic rings. The number of primary sulfonamides is 1. The molecule has 0 atom stereocenters. The molecule has 0 amide bonds. The molecule has 0 unspecified atom stereocenters. The Labute approximate surface area is 188 Å². The van der Waals surface area contributed by atoms with Crippen molar-refractivity contribution < 1.29 is 17.9 Å². The van der Waals surface area contributed by atoms with Crippen molar-refractivity contribution in [3.05, 3.63) is 78.1 Å². The molecule has 0 aliphatic carbocycles. The molecule has 0 saturated heterocycles. The van der Waals surface area contributed by atoms with Gasteiger partial charge in [-0.05, 0) is 54.8 Å². The molecule has 1 heterocycles. The van der Waals surface area contributed by atoms with E-state index in [1.807, 2.05) is 18.2 Å². The number of para-hydroxylation sites is 1. The molecular formula is C24H27N3O4S. The van der Waals surface area contributed by atoms with E-state index in [2.05, 4.69) is 17.2 Å². The first kappa shape index (κ1) is 23.4. The highest BCUT2D eigenvalue weighted by Crippen LogP contribution is 2.37. The Balaban J connectivity index is 1.98. The second-order valence-corrected chi connectivity index (χ2v) is 8.90. The van der Waals surface area contributed by atoms with Crippen molar-refractivity contribution in [2.45, 2.75) is 37.5 Å². The maximum Gasteiger partial charge on any atom is 0.241 e. The first-order valence-corrected chi connectivity index (χ1v) is 12.0. The molecule has 3 N–H and O–H groups in total. The number of nitrogens with two attached hydrogens (primary N) is 1. The van der Waals surface area contributed by atoms with Crippen molar-refractivity contribution in [1.29, 1.82) is 0 Å². The second-order valence-electron chi connectivity index (χ2n) is 7.37. The van der Waals surface area contributed by atoms with Gasteiger partial charge >= 0.3 is 0 Å². The summed E-state index contributed by atoms with van der Waals surface area (Å²) in [5.74, 6) is 0.365. The number of nitrogens with one attached hydrogen (secondary N) is 1. The van der Waals surface area contributed by atoms with Crippen LogP contribution < -0.4 is 15.2 Å². The van der Waals surface area contributed by atoms with Crippen molar-refractivity contribution in [3.8, 4) is 11.5 Å². The van der Waals surface area contributed by atoms with Gasteiger partial charge in [0.2, 0.25) is 10.0 Å². The summed E-state index contributed by atoms with van der Waals surface area (Å²) < 4.78 is 30.8. The zero-order chi connectivity index (χ0) is 23.0. The number of pyridine rings is 1. The van der Waals surface area contributed by atoms with Crippen LogP contribution in [0.2, 0.25) is 0 Å². The average molecular weight is 454 g/mol. The lowest BCUT2D eigenvalue weighted by atomic mass is 10.0. The molecule has 8 heteroatoms. The summed E-state index contributed by atoms with van der Waals surface area (Å²) in [6, 6.07) is 15.5. The van der Waals surface area contributed by atoms with Crippen LogP contribution in [0.3, 0.4) is 0 Å². The lowest BCUT2D eigenvalue weighted by Gasteiger charge is -2.18. The van der Waals surface area contributed by atoms with Gasteiger partial charge in [0.1, 0.15) is 10.6 Å². The van der Waals surface area contributed by atoms with Gasteiger partial charge in [0.25, 0.3) is 0 Å². The normalized spacial score (nSPS) is 11.2. The number of aryl methyl sites for hydroxylation is 1. The number of sulfonamides is 1. The smallest absolute Gasteiger partial charge is 0.241 e. The van der Waals surface area contributed by atoms with Crippen LogP contribution in [0, 0.1) is 0 Å². The summed E-state index contributed by atoms with van der Waals surface area (Å²) >= 11 is 0. The minimum Gasteiger partial charge on any atom is -0.454 e. The fourth-order valence-electron chi connectivity index (χ4n) is 3.17. The number of hydrogen-bond donors (Lipinski definition) is 2. The topological polar surface area (TPSA) is 111 Å². The maximum absolute atomic E-state index is 12.9. The highest BCUT2D eigenvalue weighted by Gasteiger charge is 2.23. The number of carbonyl (C=O) groups excluding carboxylic acids is 1. The zero-order valence-electron chi connectivity index (χ0n) is 18.0. The van der Waals surface area contributed by atoms with Gasteiger partial charge in [-0.3, -0.25) is 9.78 Å². The molecular weight excluding hydrogens is 426 g/mol. The van der Waals surface area contributed by atoms with Gasteiger partial charge in [0, 0.05) is 30.9 Å². The number of ketones is 1. The number of unbranched alkanes of at least 4 members (excludes halogenated alkanes) is 1. The molecule has 0 saturated carbocycles. The van der Waals surface area contributed by atoms with E-state index in [0.29, 0.717) is 24.4 Å². The van der Waals surface area contributed by atoms with Gasteiger partial charge in [-0.25, -0.2) is 13.6 Å². The van der Waals surface area contributed by atoms with Crippen molar-refractivity contribution in [1.82, 2.24) is 4.98 Å². The Morgan fingerprint density at radius 2 is 1.81 bits per heavy atom. The van der Waals surface area contributed by atoms with E-state index < -0.39 is 10.0 Å². The van der Waals surface area contributed by atoms with Crippen LogP contribution in [-0.2, 0) is 16.4 Å². The van der Waals surface area contributed by atoms with Gasteiger partial charge in [0.05, 0.1) is 5.69 Å². The van der Waals surface area contributed by atoms with Gasteiger partial charge in [0.15, 0.2) is 11.5 Å². The second kappa shape index (κ2) is 10.9. The highest BCUT2D eigenvalue weighted by atomic mass is 32.2. The van der Waals surface area contributed by atoms with Gasteiger partial charge in [-0.2, -0.15) is 0 Å². The number of carbonyl (C=O) groups is 1. The molecule has 3 rings (SSSR count). The Kier molecular flexibility index (Phi) is 7.97. The largest absolute Gasteiger partial charge is 0.454 e. The van der Waals surface area contributed by atoms with Gasteiger partial charge in [-0.1, -0.05) is 31.5 Å². The van der Waals surface area contributed by atoms with E-state index in [9.17, 15) is 13.2 Å². The summed E-state index contributed by atoms with van der Waals surface area (Å²) in [5.41, 5.74) is 1.66. The minimum absolute atomic E-state index is 0.0838. The molecule has 2 aromatic carbocycles. The summed E-state index contributed by atoms with van der Waals surface area (Å²) in [5, 5.41) is 8.73. The number of ether oxygens (including phenoxy) is 1. The Bertz CT molecular complexity index is 1150. The molecule has 0 radical (unpaired) electrons. The minimum atomic E-state index is -4.16. The van der Waals surface area contributed by atoms with Crippen molar-refractivity contribution >= 4 is 21.5 Å². The molecule has 0 fully saturated rings. The van der Waals surface area contributed by atoms with Gasteiger partial charge in [-0.15, -0.1) is 0 Å². The Hall–Kier alpha value is -3.23. The summed E-state index contributed by atoms with van der Waals surface area (Å²) in [6.07, 6.45) is 5.91. The zero-order valence-corrected chi connectivity index (χ0v) is 18.8. The Morgan fingerprint density at radius 1 is 1.09 bits per heavy atom. The number of benzene rings is 2. The molecule has 0 aliphatic rings. The van der Waals surface area contributed by atoms with Crippen LogP contribution in [0.1, 0.15) is 42.1 Å². The van der Waals surface area contributed by atoms with E-state index in [4.69, 9.17) is 9.88 Å². The van der Waals surface area contributed by atoms with Crippen molar-refractivity contribution in [2.75, 3.05) is 11.9 Å². The number of anilines is 1. The van der Waals surface area contributed by atoms with Crippen LogP contribution in [-0.4, -0.2) is 25.7 Å². The lowest BCUT2D eigenvalue weighted by Crippen LogP contribution is -2.16. The fraction of sp³-hybridized carbons (Fsp3) is 0.250. The SMILES string of the molecule is CCCCNc1cc(C(=O)CCc2ccncc2)cc(S(N)(=O)=O)c1Oc1ccccc1. The van der Waals surface area contributed by atoms with Gasteiger partial charge < -0.3 is 10.1 Å². The number of Topliss-reactive ketones (excluding diaryl/α,β-unsaturated/α-hetero) is 1. The van der Waals surface area contributed by atoms with Crippen LogP contribution in [0.4, 0.5) is 5.69 Å². The molecule has 0 spiro atoms. The first-order chi connectivity index (χ1) is 15.4. The predicted octanol–water partition coefficient (Wildman–Crippen LogP) is 4.55. The summed E-state index contributed by atoms with van der Waals surface area (Å²) in [6.45, 7) is 2.65. The Morgan fingerprint density at radius 3 is 2.47 bits per heavy atom. The molecule has 7 nitrogen and oxygen atoms in total. The monoisotopic (exact) mass is 453 g/mol. The summed E-state index contributed by atoms with van der Waals surface area (Å²) in [7, 11) is -4.16. The van der Waals surface area contributed by atoms with Crippen LogP contribution in [0.15, 0.2) is 71.9 Å². The number of rotatable bonds is 11. The third-order valence-corrected chi connectivity index (χ3v) is 5.80.